The van der Waals surface area contributed by atoms with Crippen LogP contribution in [0.25, 0.3) is 10.2 Å². The van der Waals surface area contributed by atoms with Crippen LogP contribution in [0.3, 0.4) is 0 Å². The predicted molar refractivity (Wildman–Crippen MR) is 109 cm³/mol. The number of hydrogen-bond donors (Lipinski definition) is 0. The van der Waals surface area contributed by atoms with Crippen LogP contribution in [0.15, 0.2) is 35.3 Å². The number of thiazole rings is 1. The Morgan fingerprint density at radius 1 is 1.07 bits per heavy atom. The van der Waals surface area contributed by atoms with Gasteiger partial charge in [0.1, 0.15) is 0 Å². The van der Waals surface area contributed by atoms with Gasteiger partial charge in [0, 0.05) is 12.1 Å². The molecule has 1 heterocycles. The van der Waals surface area contributed by atoms with Crippen LogP contribution in [0, 0.1) is 13.8 Å². The maximum atomic E-state index is 12.8. The number of fused-ring (bicyclic) bond motifs is 1. The number of benzene rings is 2. The molecular weight excluding hydrogens is 360 g/mol. The molecular formula is C21H24N2O3S. The van der Waals surface area contributed by atoms with E-state index in [9.17, 15) is 4.79 Å². The first kappa shape index (κ1) is 19.2. The molecule has 0 saturated heterocycles. The highest BCUT2D eigenvalue weighted by Gasteiger charge is 2.12. The second kappa shape index (κ2) is 7.96. The van der Waals surface area contributed by atoms with E-state index in [0.29, 0.717) is 17.1 Å². The molecule has 0 bridgehead atoms. The predicted octanol–water partition coefficient (Wildman–Crippen LogP) is 4.49. The van der Waals surface area contributed by atoms with E-state index in [4.69, 9.17) is 9.47 Å². The highest BCUT2D eigenvalue weighted by Crippen LogP contribution is 2.28. The Labute approximate surface area is 162 Å². The molecule has 0 saturated carbocycles. The zero-order valence-corrected chi connectivity index (χ0v) is 17.1. The Bertz CT molecular complexity index is 1060. The van der Waals surface area contributed by atoms with Gasteiger partial charge in [0.05, 0.1) is 24.4 Å². The molecule has 5 nitrogen and oxygen atoms in total. The highest BCUT2D eigenvalue weighted by molar-refractivity contribution is 7.16. The molecule has 3 rings (SSSR count). The quantitative estimate of drug-likeness (QED) is 0.651. The van der Waals surface area contributed by atoms with E-state index in [2.05, 4.69) is 42.5 Å². The van der Waals surface area contributed by atoms with E-state index in [0.717, 1.165) is 28.0 Å². The summed E-state index contributed by atoms with van der Waals surface area (Å²) < 4.78 is 13.8. The van der Waals surface area contributed by atoms with Crippen LogP contribution in [-0.2, 0) is 6.54 Å². The number of aryl methyl sites for hydroxylation is 3. The van der Waals surface area contributed by atoms with Crippen LogP contribution < -0.4 is 14.3 Å². The molecule has 0 spiro atoms. The van der Waals surface area contributed by atoms with Crippen molar-refractivity contribution in [2.75, 3.05) is 14.2 Å². The van der Waals surface area contributed by atoms with Gasteiger partial charge >= 0.3 is 0 Å². The summed E-state index contributed by atoms with van der Waals surface area (Å²) in [7, 11) is 3.12. The summed E-state index contributed by atoms with van der Waals surface area (Å²) in [6.07, 6.45) is 0.969. The van der Waals surface area contributed by atoms with Crippen LogP contribution in [0.1, 0.15) is 34.8 Å². The zero-order valence-electron chi connectivity index (χ0n) is 16.3. The van der Waals surface area contributed by atoms with E-state index >= 15 is 0 Å². The number of ether oxygens (including phenoxy) is 2. The van der Waals surface area contributed by atoms with E-state index in [1.54, 1.807) is 43.8 Å². The molecule has 0 aliphatic carbocycles. The molecule has 0 unspecified atom stereocenters. The Balaban J connectivity index is 2.12. The third-order valence-corrected chi connectivity index (χ3v) is 5.61. The summed E-state index contributed by atoms with van der Waals surface area (Å²) in [5.74, 6) is 0.811. The number of methoxy groups -OCH3 is 2. The van der Waals surface area contributed by atoms with Crippen LogP contribution in [0.4, 0.5) is 0 Å². The van der Waals surface area contributed by atoms with Crippen molar-refractivity contribution < 1.29 is 14.3 Å². The molecule has 142 valence electrons. The molecule has 3 aromatic rings. The number of aromatic nitrogens is 1. The summed E-state index contributed by atoms with van der Waals surface area (Å²) in [6, 6.07) is 9.44. The monoisotopic (exact) mass is 384 g/mol. The van der Waals surface area contributed by atoms with Crippen LogP contribution >= 0.6 is 11.3 Å². The van der Waals surface area contributed by atoms with Gasteiger partial charge in [-0.05, 0) is 61.7 Å². The van der Waals surface area contributed by atoms with Crippen LogP contribution in [0.2, 0.25) is 0 Å². The van der Waals surface area contributed by atoms with Crippen molar-refractivity contribution in [3.8, 4) is 11.5 Å². The van der Waals surface area contributed by atoms with Gasteiger partial charge in [0.25, 0.3) is 5.91 Å². The smallest absolute Gasteiger partial charge is 0.279 e. The molecule has 27 heavy (non-hydrogen) atoms. The summed E-state index contributed by atoms with van der Waals surface area (Å²) in [5.41, 5.74) is 4.08. The number of amides is 1. The molecule has 2 aromatic carbocycles. The molecule has 0 atom stereocenters. The van der Waals surface area contributed by atoms with Crippen LogP contribution in [-0.4, -0.2) is 24.7 Å². The zero-order chi connectivity index (χ0) is 19.6. The van der Waals surface area contributed by atoms with Gasteiger partial charge in [0.2, 0.25) is 0 Å². The number of carbonyl (C=O) groups is 1. The largest absolute Gasteiger partial charge is 0.493 e. The maximum Gasteiger partial charge on any atom is 0.279 e. The number of hydrogen-bond acceptors (Lipinski definition) is 4. The minimum absolute atomic E-state index is 0.291. The van der Waals surface area contributed by atoms with E-state index in [-0.39, 0.29) is 5.91 Å². The lowest BCUT2D eigenvalue weighted by Crippen LogP contribution is -2.17. The van der Waals surface area contributed by atoms with Crippen LogP contribution in [0.5, 0.6) is 11.5 Å². The lowest BCUT2D eigenvalue weighted by molar-refractivity contribution is 0.0997. The number of nitrogens with zero attached hydrogens (tertiary/aromatic N) is 2. The molecule has 0 aliphatic rings. The van der Waals surface area contributed by atoms with Crippen molar-refractivity contribution in [2.24, 2.45) is 4.99 Å². The third kappa shape index (κ3) is 3.76. The fourth-order valence-electron chi connectivity index (χ4n) is 2.97. The van der Waals surface area contributed by atoms with Crippen molar-refractivity contribution in [2.45, 2.75) is 33.7 Å². The number of rotatable bonds is 5. The third-order valence-electron chi connectivity index (χ3n) is 4.57. The first-order valence-corrected chi connectivity index (χ1v) is 9.71. The Hall–Kier alpha value is -2.60. The average molecular weight is 385 g/mol. The normalized spacial score (nSPS) is 11.8. The van der Waals surface area contributed by atoms with E-state index in [1.807, 2.05) is 0 Å². The van der Waals surface area contributed by atoms with Gasteiger partial charge < -0.3 is 14.0 Å². The van der Waals surface area contributed by atoms with Gasteiger partial charge in [-0.25, -0.2) is 0 Å². The van der Waals surface area contributed by atoms with Gasteiger partial charge in [-0.3, -0.25) is 4.79 Å². The van der Waals surface area contributed by atoms with E-state index < -0.39 is 0 Å². The van der Waals surface area contributed by atoms with Crippen molar-refractivity contribution in [3.63, 3.8) is 0 Å². The number of carbonyl (C=O) groups excluding carboxylic acids is 1. The second-order valence-corrected chi connectivity index (χ2v) is 7.44. The SMILES string of the molecule is CCCn1c(=NC(=O)c2ccc(OC)c(OC)c2)sc2cc(C)c(C)cc21. The summed E-state index contributed by atoms with van der Waals surface area (Å²) >= 11 is 1.55. The Morgan fingerprint density at radius 2 is 1.78 bits per heavy atom. The molecule has 0 radical (unpaired) electrons. The lowest BCUT2D eigenvalue weighted by atomic mass is 10.1. The Morgan fingerprint density at radius 3 is 2.44 bits per heavy atom. The summed E-state index contributed by atoms with van der Waals surface area (Å²) in [5, 5.41) is 0. The molecule has 0 aliphatic heterocycles. The van der Waals surface area contributed by atoms with E-state index in [1.165, 1.54) is 11.1 Å². The van der Waals surface area contributed by atoms with Crippen molar-refractivity contribution >= 4 is 27.5 Å². The van der Waals surface area contributed by atoms with Gasteiger partial charge in [-0.15, -0.1) is 0 Å². The summed E-state index contributed by atoms with van der Waals surface area (Å²) in [6.45, 7) is 7.15. The second-order valence-electron chi connectivity index (χ2n) is 6.43. The van der Waals surface area contributed by atoms with Crippen molar-refractivity contribution in [1.29, 1.82) is 0 Å². The molecule has 1 amide bonds. The standard InChI is InChI=1S/C21H24N2O3S/c1-6-9-23-16-10-13(2)14(3)11-19(16)27-21(23)22-20(24)15-7-8-17(25-4)18(12-15)26-5/h7-8,10-12H,6,9H2,1-5H3. The molecule has 6 heteroatoms. The lowest BCUT2D eigenvalue weighted by Gasteiger charge is -2.08. The minimum atomic E-state index is -0.291. The van der Waals surface area contributed by atoms with Crippen molar-refractivity contribution in [1.82, 2.24) is 4.57 Å². The van der Waals surface area contributed by atoms with Crippen molar-refractivity contribution in [3.05, 3.63) is 51.8 Å². The molecule has 0 fully saturated rings. The highest BCUT2D eigenvalue weighted by atomic mass is 32.1. The fraction of sp³-hybridized carbons (Fsp3) is 0.333. The molecule has 0 N–H and O–H groups in total. The van der Waals surface area contributed by atoms with Gasteiger partial charge in [-0.2, -0.15) is 4.99 Å². The fourth-order valence-corrected chi connectivity index (χ4v) is 4.10. The first-order chi connectivity index (χ1) is 13.0. The van der Waals surface area contributed by atoms with Gasteiger partial charge in [-0.1, -0.05) is 18.3 Å². The summed E-state index contributed by atoms with van der Waals surface area (Å²) in [4.78, 5) is 17.9. The van der Waals surface area contributed by atoms with Gasteiger partial charge in [0.15, 0.2) is 16.3 Å². The first-order valence-electron chi connectivity index (χ1n) is 8.90. The maximum absolute atomic E-state index is 12.8. The topological polar surface area (TPSA) is 52.8 Å². The average Bonchev–Trinajstić information content (AvgIpc) is 2.98. The Kier molecular flexibility index (Phi) is 5.65. The minimum Gasteiger partial charge on any atom is -0.493 e. The molecule has 1 aromatic heterocycles.